The van der Waals surface area contributed by atoms with Crippen molar-refractivity contribution >= 4 is 0 Å². The molecule has 0 amide bonds. The topological polar surface area (TPSA) is 86.2 Å². The lowest BCUT2D eigenvalue weighted by molar-refractivity contribution is 0.00696. The highest BCUT2D eigenvalue weighted by Crippen LogP contribution is 2.12. The summed E-state index contributed by atoms with van der Waals surface area (Å²) in [4.78, 5) is 5.07. The van der Waals surface area contributed by atoms with Crippen molar-refractivity contribution in [3.63, 3.8) is 0 Å². The fraction of sp³-hybridized carbons (Fsp3) is 0.920. The second-order valence-electron chi connectivity index (χ2n) is 16.7. The van der Waals surface area contributed by atoms with E-state index in [0.29, 0.717) is 26.4 Å². The monoisotopic (exact) mass is 807 g/mol. The molecule has 0 aliphatic heterocycles. The number of allylic oxidation sites excluding steroid dienone is 4. The Hall–Kier alpha value is -0.800. The number of hydrogen-bond acceptors (Lipinski definition) is 7. The lowest BCUT2D eigenvalue weighted by Crippen LogP contribution is -2.31. The van der Waals surface area contributed by atoms with E-state index in [4.69, 9.17) is 25.7 Å². The predicted octanol–water partition coefficient (Wildman–Crippen LogP) is 12.4. The van der Waals surface area contributed by atoms with E-state index < -0.39 is 0 Å². The first kappa shape index (κ1) is 56.2. The molecule has 7 heteroatoms. The van der Waals surface area contributed by atoms with Gasteiger partial charge in [-0.05, 0) is 116 Å². The van der Waals surface area contributed by atoms with Gasteiger partial charge in [0.15, 0.2) is 0 Å². The van der Waals surface area contributed by atoms with Crippen LogP contribution < -0.4 is 11.5 Å². The van der Waals surface area contributed by atoms with Crippen molar-refractivity contribution in [1.29, 1.82) is 0 Å². The van der Waals surface area contributed by atoms with E-state index >= 15 is 0 Å². The number of nitrogens with two attached hydrogens (primary N) is 2. The maximum atomic E-state index is 5.92. The van der Waals surface area contributed by atoms with E-state index in [1.807, 2.05) is 0 Å². The average Bonchev–Trinajstić information content (AvgIpc) is 3.22. The SMILES string of the molecule is CCCCCCCC/C=C/CCCCCCCCN(CCCN)CCOCCOCCOCCN(CCCN)CCCCCCCC/C=C/CCCCCCCC. The molecular formula is C50H102N4O3. The molecule has 340 valence electrons. The Morgan fingerprint density at radius 2 is 0.561 bits per heavy atom. The summed E-state index contributed by atoms with van der Waals surface area (Å²) in [6, 6.07) is 0. The molecule has 4 N–H and O–H groups in total. The molecular weight excluding hydrogens is 705 g/mol. The molecule has 0 heterocycles. The lowest BCUT2D eigenvalue weighted by atomic mass is 10.1. The summed E-state index contributed by atoms with van der Waals surface area (Å²) in [5.41, 5.74) is 11.6. The van der Waals surface area contributed by atoms with Gasteiger partial charge >= 0.3 is 0 Å². The summed E-state index contributed by atoms with van der Waals surface area (Å²) in [5.74, 6) is 0. The van der Waals surface area contributed by atoms with E-state index in [9.17, 15) is 0 Å². The van der Waals surface area contributed by atoms with Crippen molar-refractivity contribution in [3.05, 3.63) is 24.3 Å². The molecule has 0 atom stereocenters. The molecule has 57 heavy (non-hydrogen) atoms. The Kier molecular flexibility index (Phi) is 50.6. The van der Waals surface area contributed by atoms with Gasteiger partial charge in [-0.1, -0.05) is 154 Å². The molecule has 0 rings (SSSR count). The van der Waals surface area contributed by atoms with Crippen LogP contribution in [-0.4, -0.2) is 102 Å². The van der Waals surface area contributed by atoms with Crippen LogP contribution in [0, 0.1) is 0 Å². The van der Waals surface area contributed by atoms with Crippen LogP contribution >= 0.6 is 0 Å². The quantitative estimate of drug-likeness (QED) is 0.0468. The molecule has 0 aromatic heterocycles. The minimum atomic E-state index is 0.625. The molecule has 0 bridgehead atoms. The maximum absolute atomic E-state index is 5.92. The van der Waals surface area contributed by atoms with Gasteiger partial charge in [0.2, 0.25) is 0 Å². The number of rotatable bonds is 50. The van der Waals surface area contributed by atoms with E-state index in [1.54, 1.807) is 0 Å². The summed E-state index contributed by atoms with van der Waals surface area (Å²) in [7, 11) is 0. The number of unbranched alkanes of at least 4 members (excludes halogenated alkanes) is 24. The fourth-order valence-electron chi connectivity index (χ4n) is 7.40. The Morgan fingerprint density at radius 3 is 0.877 bits per heavy atom. The van der Waals surface area contributed by atoms with Gasteiger partial charge < -0.3 is 35.5 Å². The van der Waals surface area contributed by atoms with E-state index in [0.717, 1.165) is 78.4 Å². The van der Waals surface area contributed by atoms with Crippen molar-refractivity contribution in [2.75, 3.05) is 92.0 Å². The minimum absolute atomic E-state index is 0.625. The van der Waals surface area contributed by atoms with Crippen LogP contribution in [0.1, 0.15) is 206 Å². The summed E-state index contributed by atoms with van der Waals surface area (Å²) >= 11 is 0. The van der Waals surface area contributed by atoms with Gasteiger partial charge in [-0.2, -0.15) is 0 Å². The third kappa shape index (κ3) is 47.7. The smallest absolute Gasteiger partial charge is 0.0701 e. The summed E-state index contributed by atoms with van der Waals surface area (Å²) in [5, 5.41) is 0. The van der Waals surface area contributed by atoms with Crippen LogP contribution in [0.25, 0.3) is 0 Å². The van der Waals surface area contributed by atoms with E-state index in [-0.39, 0.29) is 0 Å². The van der Waals surface area contributed by atoms with Crippen LogP contribution in [0.5, 0.6) is 0 Å². The zero-order valence-corrected chi connectivity index (χ0v) is 38.7. The normalized spacial score (nSPS) is 12.2. The third-order valence-electron chi connectivity index (χ3n) is 11.2. The molecule has 0 radical (unpaired) electrons. The van der Waals surface area contributed by atoms with Gasteiger partial charge in [0.25, 0.3) is 0 Å². The van der Waals surface area contributed by atoms with E-state index in [1.165, 1.54) is 180 Å². The number of hydrogen-bond donors (Lipinski definition) is 2. The Labute approximate surface area is 357 Å². The van der Waals surface area contributed by atoms with Crippen molar-refractivity contribution in [2.24, 2.45) is 11.5 Å². The summed E-state index contributed by atoms with van der Waals surface area (Å²) in [6.45, 7) is 16.5. The van der Waals surface area contributed by atoms with Crippen LogP contribution in [0.4, 0.5) is 0 Å². The Balaban J connectivity index is 3.72. The van der Waals surface area contributed by atoms with Gasteiger partial charge in [0, 0.05) is 13.1 Å². The molecule has 0 saturated carbocycles. The molecule has 0 aliphatic carbocycles. The molecule has 7 nitrogen and oxygen atoms in total. The zero-order valence-electron chi connectivity index (χ0n) is 38.7. The largest absolute Gasteiger partial charge is 0.378 e. The molecule has 0 aromatic rings. The number of nitrogens with zero attached hydrogens (tertiary/aromatic N) is 2. The summed E-state index contributed by atoms with van der Waals surface area (Å²) < 4.78 is 17.6. The van der Waals surface area contributed by atoms with Crippen molar-refractivity contribution < 1.29 is 14.2 Å². The second-order valence-corrected chi connectivity index (χ2v) is 16.7. The first-order valence-electron chi connectivity index (χ1n) is 25.2. The highest BCUT2D eigenvalue weighted by Gasteiger charge is 2.06. The molecule has 0 unspecified atom stereocenters. The lowest BCUT2D eigenvalue weighted by Gasteiger charge is -2.22. The fourth-order valence-corrected chi connectivity index (χ4v) is 7.40. The highest BCUT2D eigenvalue weighted by atomic mass is 16.5. The molecule has 0 saturated heterocycles. The molecule has 0 aliphatic rings. The molecule has 0 fully saturated rings. The number of ether oxygens (including phenoxy) is 3. The van der Waals surface area contributed by atoms with Crippen molar-refractivity contribution in [3.8, 4) is 0 Å². The Morgan fingerprint density at radius 1 is 0.298 bits per heavy atom. The zero-order chi connectivity index (χ0) is 41.2. The van der Waals surface area contributed by atoms with Crippen LogP contribution in [0.3, 0.4) is 0 Å². The predicted molar refractivity (Wildman–Crippen MR) is 252 cm³/mol. The van der Waals surface area contributed by atoms with Crippen LogP contribution in [0.15, 0.2) is 24.3 Å². The molecule has 0 aromatic carbocycles. The first-order valence-corrected chi connectivity index (χ1v) is 25.2. The molecule has 0 spiro atoms. The van der Waals surface area contributed by atoms with Gasteiger partial charge in [-0.25, -0.2) is 0 Å². The van der Waals surface area contributed by atoms with Gasteiger partial charge in [-0.15, -0.1) is 0 Å². The van der Waals surface area contributed by atoms with Gasteiger partial charge in [0.1, 0.15) is 0 Å². The van der Waals surface area contributed by atoms with Crippen molar-refractivity contribution in [1.82, 2.24) is 9.80 Å². The van der Waals surface area contributed by atoms with Crippen molar-refractivity contribution in [2.45, 2.75) is 206 Å². The minimum Gasteiger partial charge on any atom is -0.378 e. The summed E-state index contributed by atoms with van der Waals surface area (Å²) in [6.07, 6.45) is 49.6. The standard InChI is InChI=1S/C50H102N4O3/c1-3-5-7-9-11-13-15-17-19-21-23-25-27-29-31-33-39-53(41-35-37-51)43-45-55-47-49-57-50-48-56-46-44-54(42-36-38-52)40-34-32-30-28-26-24-22-20-18-16-14-12-10-8-6-4-2/h17-20H,3-16,21-52H2,1-2H3/b19-17+,20-18+. The maximum Gasteiger partial charge on any atom is 0.0701 e. The van der Waals surface area contributed by atoms with E-state index in [2.05, 4.69) is 48.0 Å². The highest BCUT2D eigenvalue weighted by molar-refractivity contribution is 4.82. The third-order valence-corrected chi connectivity index (χ3v) is 11.2. The first-order chi connectivity index (χ1) is 28.3. The average molecular weight is 807 g/mol. The van der Waals surface area contributed by atoms with Gasteiger partial charge in [0.05, 0.1) is 39.6 Å². The van der Waals surface area contributed by atoms with Crippen LogP contribution in [0.2, 0.25) is 0 Å². The van der Waals surface area contributed by atoms with Crippen LogP contribution in [-0.2, 0) is 14.2 Å². The second kappa shape index (κ2) is 51.3. The Bertz CT molecular complexity index is 721. The van der Waals surface area contributed by atoms with Gasteiger partial charge in [-0.3, -0.25) is 0 Å².